The summed E-state index contributed by atoms with van der Waals surface area (Å²) in [7, 11) is 0. The van der Waals surface area contributed by atoms with Crippen LogP contribution in [0.25, 0.3) is 0 Å². The quantitative estimate of drug-likeness (QED) is 0.814. The van der Waals surface area contributed by atoms with Gasteiger partial charge in [-0.1, -0.05) is 31.4 Å². The molecule has 1 aromatic rings. The molecule has 0 unspecified atom stereocenters. The molecule has 0 bridgehead atoms. The highest BCUT2D eigenvalue weighted by Gasteiger charge is 2.22. The molecule has 1 N–H and O–H groups in total. The molecule has 1 aliphatic rings. The third-order valence-corrected chi connectivity index (χ3v) is 3.39. The van der Waals surface area contributed by atoms with Gasteiger partial charge in [-0.05, 0) is 25.0 Å². The minimum Gasteiger partial charge on any atom is -0.478 e. The maximum Gasteiger partial charge on any atom is 0.335 e. The molecule has 0 saturated heterocycles. The van der Waals surface area contributed by atoms with Crippen molar-refractivity contribution in [2.75, 3.05) is 0 Å². The van der Waals surface area contributed by atoms with Crippen LogP contribution in [0.3, 0.4) is 0 Å². The number of carbonyl (C=O) groups is 2. The van der Waals surface area contributed by atoms with Crippen LogP contribution >= 0.6 is 0 Å². The average Bonchev–Trinajstić information content (AvgIpc) is 2.39. The van der Waals surface area contributed by atoms with Crippen molar-refractivity contribution in [1.82, 2.24) is 0 Å². The van der Waals surface area contributed by atoms with Gasteiger partial charge in [0.15, 0.2) is 5.78 Å². The highest BCUT2D eigenvalue weighted by molar-refractivity contribution is 5.98. The fraction of sp³-hybridized carbons (Fsp3) is 0.429. The van der Waals surface area contributed by atoms with Crippen LogP contribution < -0.4 is 0 Å². The number of carbonyl (C=O) groups excluding carboxylic acids is 1. The number of hydrogen-bond donors (Lipinski definition) is 1. The van der Waals surface area contributed by atoms with Crippen LogP contribution in [-0.4, -0.2) is 16.9 Å². The van der Waals surface area contributed by atoms with E-state index in [4.69, 9.17) is 5.11 Å². The van der Waals surface area contributed by atoms with Crippen LogP contribution in [0.2, 0.25) is 0 Å². The number of aromatic carboxylic acids is 1. The van der Waals surface area contributed by atoms with Gasteiger partial charge in [0.2, 0.25) is 0 Å². The number of carboxylic acids is 1. The predicted octanol–water partition coefficient (Wildman–Crippen LogP) is 3.15. The summed E-state index contributed by atoms with van der Waals surface area (Å²) in [6, 6.07) is 6.25. The van der Waals surface area contributed by atoms with Gasteiger partial charge in [-0.25, -0.2) is 4.79 Å². The van der Waals surface area contributed by atoms with E-state index in [9.17, 15) is 9.59 Å². The largest absolute Gasteiger partial charge is 0.478 e. The first kappa shape index (κ1) is 11.8. The van der Waals surface area contributed by atoms with Gasteiger partial charge in [-0.2, -0.15) is 0 Å². The molecular formula is C14H16O3. The van der Waals surface area contributed by atoms with E-state index in [1.807, 2.05) is 0 Å². The lowest BCUT2D eigenvalue weighted by Gasteiger charge is -2.20. The summed E-state index contributed by atoms with van der Waals surface area (Å²) >= 11 is 0. The molecule has 90 valence electrons. The second-order valence-corrected chi connectivity index (χ2v) is 4.58. The van der Waals surface area contributed by atoms with Crippen molar-refractivity contribution in [2.45, 2.75) is 32.1 Å². The molecular weight excluding hydrogens is 216 g/mol. The molecule has 1 aromatic carbocycles. The first-order valence-corrected chi connectivity index (χ1v) is 6.06. The fourth-order valence-corrected chi connectivity index (χ4v) is 2.38. The molecule has 17 heavy (non-hydrogen) atoms. The third-order valence-electron chi connectivity index (χ3n) is 3.39. The van der Waals surface area contributed by atoms with Gasteiger partial charge in [0.05, 0.1) is 5.56 Å². The number of Topliss-reactive ketones (excluding diaryl/α,β-unsaturated/α-hetero) is 1. The molecule has 0 amide bonds. The maximum atomic E-state index is 12.1. The van der Waals surface area contributed by atoms with E-state index in [1.54, 1.807) is 12.1 Å². The summed E-state index contributed by atoms with van der Waals surface area (Å²) < 4.78 is 0. The topological polar surface area (TPSA) is 54.4 Å². The van der Waals surface area contributed by atoms with Gasteiger partial charge in [0.25, 0.3) is 0 Å². The number of benzene rings is 1. The predicted molar refractivity (Wildman–Crippen MR) is 64.3 cm³/mol. The van der Waals surface area contributed by atoms with Crippen molar-refractivity contribution >= 4 is 11.8 Å². The molecule has 0 heterocycles. The van der Waals surface area contributed by atoms with Crippen molar-refractivity contribution in [3.05, 3.63) is 35.4 Å². The Bertz CT molecular complexity index is 414. The number of ketones is 1. The average molecular weight is 232 g/mol. The molecule has 1 fully saturated rings. The molecule has 0 aromatic heterocycles. The van der Waals surface area contributed by atoms with Gasteiger partial charge >= 0.3 is 5.97 Å². The van der Waals surface area contributed by atoms with Gasteiger partial charge < -0.3 is 5.11 Å². The number of rotatable bonds is 3. The van der Waals surface area contributed by atoms with Crippen LogP contribution in [0.1, 0.15) is 52.8 Å². The Kier molecular flexibility index (Phi) is 3.57. The molecule has 0 atom stereocenters. The number of hydrogen-bond acceptors (Lipinski definition) is 2. The lowest BCUT2D eigenvalue weighted by molar-refractivity contribution is 0.0696. The van der Waals surface area contributed by atoms with Crippen molar-refractivity contribution in [2.24, 2.45) is 5.92 Å². The van der Waals surface area contributed by atoms with E-state index in [0.29, 0.717) is 5.56 Å². The second-order valence-electron chi connectivity index (χ2n) is 4.58. The molecule has 0 aliphatic heterocycles. The van der Waals surface area contributed by atoms with Gasteiger partial charge in [0, 0.05) is 11.5 Å². The van der Waals surface area contributed by atoms with Gasteiger partial charge in [-0.3, -0.25) is 4.79 Å². The molecule has 3 heteroatoms. The molecule has 0 spiro atoms. The van der Waals surface area contributed by atoms with Crippen molar-refractivity contribution in [3.8, 4) is 0 Å². The monoisotopic (exact) mass is 232 g/mol. The zero-order valence-corrected chi connectivity index (χ0v) is 9.69. The standard InChI is InChI=1S/C14H16O3/c15-13(10-4-2-1-3-5-10)11-6-8-12(9-7-11)14(16)17/h6-10H,1-5H2,(H,16,17). The van der Waals surface area contributed by atoms with Crippen molar-refractivity contribution in [1.29, 1.82) is 0 Å². The van der Waals surface area contributed by atoms with E-state index < -0.39 is 5.97 Å². The maximum absolute atomic E-state index is 12.1. The van der Waals surface area contributed by atoms with E-state index >= 15 is 0 Å². The summed E-state index contributed by atoms with van der Waals surface area (Å²) in [4.78, 5) is 22.8. The Labute approximate surface area is 100 Å². The summed E-state index contributed by atoms with van der Waals surface area (Å²) in [6.07, 6.45) is 5.42. The van der Waals surface area contributed by atoms with E-state index in [0.717, 1.165) is 25.7 Å². The molecule has 1 aliphatic carbocycles. The highest BCUT2D eigenvalue weighted by Crippen LogP contribution is 2.26. The van der Waals surface area contributed by atoms with Crippen LogP contribution in [0.5, 0.6) is 0 Å². The van der Waals surface area contributed by atoms with Crippen molar-refractivity contribution in [3.63, 3.8) is 0 Å². The summed E-state index contributed by atoms with van der Waals surface area (Å²) in [5, 5.41) is 8.78. The van der Waals surface area contributed by atoms with Crippen LogP contribution in [0, 0.1) is 5.92 Å². The Morgan fingerprint density at radius 1 is 0.941 bits per heavy atom. The number of carboxylic acid groups (broad SMARTS) is 1. The SMILES string of the molecule is O=C(O)c1ccc(C(=O)C2CCCCC2)cc1. The summed E-state index contributed by atoms with van der Waals surface area (Å²) in [5.41, 5.74) is 0.868. The van der Waals surface area contributed by atoms with E-state index in [2.05, 4.69) is 0 Å². The first-order chi connectivity index (χ1) is 8.18. The van der Waals surface area contributed by atoms with Crippen LogP contribution in [0.15, 0.2) is 24.3 Å². The van der Waals surface area contributed by atoms with Gasteiger partial charge in [0.1, 0.15) is 0 Å². The zero-order chi connectivity index (χ0) is 12.3. The van der Waals surface area contributed by atoms with Crippen molar-refractivity contribution < 1.29 is 14.7 Å². The Hall–Kier alpha value is -1.64. The van der Waals surface area contributed by atoms with E-state index in [-0.39, 0.29) is 17.3 Å². The summed E-state index contributed by atoms with van der Waals surface area (Å²) in [6.45, 7) is 0. The second kappa shape index (κ2) is 5.13. The molecule has 2 rings (SSSR count). The molecule has 0 radical (unpaired) electrons. The normalized spacial score (nSPS) is 16.7. The zero-order valence-electron chi connectivity index (χ0n) is 9.69. The molecule has 3 nitrogen and oxygen atoms in total. The highest BCUT2D eigenvalue weighted by atomic mass is 16.4. The first-order valence-electron chi connectivity index (χ1n) is 6.06. The molecule has 1 saturated carbocycles. The van der Waals surface area contributed by atoms with Crippen LogP contribution in [-0.2, 0) is 0 Å². The van der Waals surface area contributed by atoms with Crippen LogP contribution in [0.4, 0.5) is 0 Å². The lowest BCUT2D eigenvalue weighted by Crippen LogP contribution is -2.17. The minimum atomic E-state index is -0.957. The van der Waals surface area contributed by atoms with E-state index in [1.165, 1.54) is 18.6 Å². The fourth-order valence-electron chi connectivity index (χ4n) is 2.38. The summed E-state index contributed by atoms with van der Waals surface area (Å²) in [5.74, 6) is -0.650. The minimum absolute atomic E-state index is 0.138. The lowest BCUT2D eigenvalue weighted by atomic mass is 9.84. The Morgan fingerprint density at radius 2 is 1.47 bits per heavy atom. The Morgan fingerprint density at radius 3 is 2.00 bits per heavy atom. The smallest absolute Gasteiger partial charge is 0.335 e. The Balaban J connectivity index is 2.10. The third kappa shape index (κ3) is 2.73. The van der Waals surface area contributed by atoms with Gasteiger partial charge in [-0.15, -0.1) is 0 Å².